The lowest BCUT2D eigenvalue weighted by Crippen LogP contribution is -2.41. The number of fused-ring (bicyclic) bond motifs is 3. The number of nitrogens with zero attached hydrogens (tertiary/aromatic N) is 2. The predicted molar refractivity (Wildman–Crippen MR) is 88.3 cm³/mol. The van der Waals surface area contributed by atoms with Gasteiger partial charge in [0.1, 0.15) is 6.54 Å². The number of carboxylic acids is 1. The first-order valence-electron chi connectivity index (χ1n) is 8.04. The summed E-state index contributed by atoms with van der Waals surface area (Å²) in [6.07, 6.45) is -3.48. The highest BCUT2D eigenvalue weighted by molar-refractivity contribution is 6.55. The minimum Gasteiger partial charge on any atom is -0.481 e. The fourth-order valence-corrected chi connectivity index (χ4v) is 3.45. The molecule has 1 radical (unpaired) electrons. The maximum Gasteiger partial charge on any atom is 0.406 e. The molecule has 2 N–H and O–H groups in total. The van der Waals surface area contributed by atoms with Crippen molar-refractivity contribution in [3.8, 4) is 0 Å². The average molecular weight is 366 g/mol. The van der Waals surface area contributed by atoms with E-state index in [0.717, 1.165) is 5.46 Å². The van der Waals surface area contributed by atoms with Crippen LogP contribution in [0.3, 0.4) is 0 Å². The summed E-state index contributed by atoms with van der Waals surface area (Å²) >= 11 is 0. The number of rotatable bonds is 4. The Morgan fingerprint density at radius 3 is 2.85 bits per heavy atom. The number of amides is 1. The lowest BCUT2D eigenvalue weighted by atomic mass is 9.71. The smallest absolute Gasteiger partial charge is 0.406 e. The molecule has 1 atom stereocenters. The van der Waals surface area contributed by atoms with Gasteiger partial charge >= 0.3 is 12.1 Å². The first-order valence-corrected chi connectivity index (χ1v) is 8.04. The van der Waals surface area contributed by atoms with Crippen LogP contribution < -0.4 is 5.46 Å². The molecule has 0 fully saturated rings. The van der Waals surface area contributed by atoms with Gasteiger partial charge in [-0.15, -0.1) is 0 Å². The summed E-state index contributed by atoms with van der Waals surface area (Å²) in [5, 5.41) is 16.5. The Balaban J connectivity index is 2.12. The minimum atomic E-state index is -4.57. The number of carboxylic acid groups (broad SMARTS) is 1. The van der Waals surface area contributed by atoms with Crippen LogP contribution in [-0.2, 0) is 22.6 Å². The molecule has 6 nitrogen and oxygen atoms in total. The molecule has 0 spiro atoms. The van der Waals surface area contributed by atoms with Crippen LogP contribution in [0.15, 0.2) is 12.3 Å². The predicted octanol–water partition coefficient (Wildman–Crippen LogP) is 1.48. The van der Waals surface area contributed by atoms with Gasteiger partial charge in [-0.25, -0.2) is 0 Å². The second-order valence-corrected chi connectivity index (χ2v) is 6.36. The summed E-state index contributed by atoms with van der Waals surface area (Å²) in [6.45, 7) is 0.167. The van der Waals surface area contributed by atoms with Crippen molar-refractivity contribution in [3.05, 3.63) is 23.4 Å². The van der Waals surface area contributed by atoms with Crippen molar-refractivity contribution in [2.75, 3.05) is 6.54 Å². The fourth-order valence-electron chi connectivity index (χ4n) is 3.45. The Hall–Kier alpha value is -2.52. The van der Waals surface area contributed by atoms with Crippen molar-refractivity contribution >= 4 is 35.5 Å². The van der Waals surface area contributed by atoms with Gasteiger partial charge in [0.15, 0.2) is 7.28 Å². The van der Waals surface area contributed by atoms with E-state index in [1.165, 1.54) is 6.20 Å². The number of nitrogens with one attached hydrogen (secondary N) is 1. The van der Waals surface area contributed by atoms with Crippen LogP contribution in [0.4, 0.5) is 13.2 Å². The molecule has 2 heterocycles. The number of H-pyrrole nitrogens is 1. The molecule has 1 amide bonds. The molecule has 0 unspecified atom stereocenters. The Morgan fingerprint density at radius 2 is 2.23 bits per heavy atom. The van der Waals surface area contributed by atoms with E-state index in [1.54, 1.807) is 6.07 Å². The normalized spacial score (nSPS) is 17.9. The maximum atomic E-state index is 13.0. The fraction of sp³-hybridized carbons (Fsp3) is 0.438. The van der Waals surface area contributed by atoms with Crippen molar-refractivity contribution in [1.82, 2.24) is 15.1 Å². The van der Waals surface area contributed by atoms with Crippen LogP contribution in [-0.4, -0.2) is 52.1 Å². The number of halogens is 3. The van der Waals surface area contributed by atoms with Gasteiger partial charge in [-0.3, -0.25) is 14.7 Å². The molecule has 0 bridgehead atoms. The van der Waals surface area contributed by atoms with Gasteiger partial charge in [-0.1, -0.05) is 18.4 Å². The highest BCUT2D eigenvalue weighted by atomic mass is 19.4. The Labute approximate surface area is 147 Å². The highest BCUT2D eigenvalue weighted by Crippen LogP contribution is 2.31. The number of hydrogen-bond donors (Lipinski definition) is 2. The molecule has 0 saturated carbocycles. The zero-order valence-corrected chi connectivity index (χ0v) is 13.9. The zero-order chi connectivity index (χ0) is 19.1. The lowest BCUT2D eigenvalue weighted by molar-refractivity contribution is -0.165. The summed E-state index contributed by atoms with van der Waals surface area (Å²) in [6, 6.07) is 1.79. The monoisotopic (exact) mass is 366 g/mol. The van der Waals surface area contributed by atoms with Crippen molar-refractivity contribution in [3.63, 3.8) is 0 Å². The number of carbonyl (C=O) groups excluding carboxylic acids is 1. The lowest BCUT2D eigenvalue weighted by Gasteiger charge is -2.25. The van der Waals surface area contributed by atoms with Crippen LogP contribution in [0.5, 0.6) is 0 Å². The van der Waals surface area contributed by atoms with E-state index < -0.39 is 36.9 Å². The first kappa shape index (κ1) is 18.3. The molecular weight excluding hydrogens is 350 g/mol. The summed E-state index contributed by atoms with van der Waals surface area (Å²) in [5.41, 5.74) is 2.74. The largest absolute Gasteiger partial charge is 0.481 e. The van der Waals surface area contributed by atoms with Crippen molar-refractivity contribution in [1.29, 1.82) is 0 Å². The van der Waals surface area contributed by atoms with Crippen LogP contribution in [0.2, 0.25) is 6.82 Å². The summed E-state index contributed by atoms with van der Waals surface area (Å²) in [7, 11) is 1.83. The second kappa shape index (κ2) is 6.66. The molecule has 1 aliphatic heterocycles. The Kier molecular flexibility index (Phi) is 4.68. The SMILES string of the molecule is C[B]c1cc2c(c3cn[nH]c13)CN(CC(F)(F)F)C(=O)[C@H](CC(=O)O)C2. The van der Waals surface area contributed by atoms with E-state index in [4.69, 9.17) is 5.11 Å². The van der Waals surface area contributed by atoms with Gasteiger partial charge < -0.3 is 10.0 Å². The molecular formula is C16H16BF3N3O3. The molecule has 1 aromatic carbocycles. The zero-order valence-electron chi connectivity index (χ0n) is 13.9. The molecule has 1 aliphatic rings. The van der Waals surface area contributed by atoms with E-state index in [0.29, 0.717) is 26.9 Å². The van der Waals surface area contributed by atoms with E-state index in [1.807, 2.05) is 14.1 Å². The molecule has 3 rings (SSSR count). The number of aromatic amines is 1. The Morgan fingerprint density at radius 1 is 1.50 bits per heavy atom. The van der Waals surface area contributed by atoms with Crippen LogP contribution >= 0.6 is 0 Å². The van der Waals surface area contributed by atoms with Gasteiger partial charge in [0.25, 0.3) is 0 Å². The van der Waals surface area contributed by atoms with Gasteiger partial charge in [0.2, 0.25) is 5.91 Å². The molecule has 1 aromatic heterocycles. The molecule has 2 aromatic rings. The molecule has 0 aliphatic carbocycles. The van der Waals surface area contributed by atoms with E-state index >= 15 is 0 Å². The number of aliphatic carboxylic acids is 1. The minimum absolute atomic E-state index is 0.0801. The van der Waals surface area contributed by atoms with Gasteiger partial charge in [0, 0.05) is 11.9 Å². The number of aromatic nitrogens is 2. The summed E-state index contributed by atoms with van der Waals surface area (Å²) in [4.78, 5) is 24.4. The standard InChI is InChI=1S/C16H16BF3N3O3/c1-17-12-3-8-2-9(4-13(24)25)15(26)23(7-16(18,19)20)6-11(8)10-5-21-22-14(10)12/h3,5,9H,2,4,6-7H2,1H3,(H,21,22)(H,24,25)/t9-/m0/s1. The van der Waals surface area contributed by atoms with Crippen LogP contribution in [0, 0.1) is 5.92 Å². The number of benzene rings is 1. The third-order valence-electron chi connectivity index (χ3n) is 4.55. The highest BCUT2D eigenvalue weighted by Gasteiger charge is 2.38. The van der Waals surface area contributed by atoms with Crippen LogP contribution in [0.25, 0.3) is 10.9 Å². The molecule has 137 valence electrons. The van der Waals surface area contributed by atoms with Gasteiger partial charge in [-0.2, -0.15) is 18.3 Å². The topological polar surface area (TPSA) is 86.3 Å². The van der Waals surface area contributed by atoms with Gasteiger partial charge in [-0.05, 0) is 17.5 Å². The average Bonchev–Trinajstić information content (AvgIpc) is 2.98. The number of hydrogen-bond acceptors (Lipinski definition) is 3. The third kappa shape index (κ3) is 3.54. The summed E-state index contributed by atoms with van der Waals surface area (Å²) < 4.78 is 38.9. The second-order valence-electron chi connectivity index (χ2n) is 6.36. The van der Waals surface area contributed by atoms with E-state index in [2.05, 4.69) is 10.2 Å². The van der Waals surface area contributed by atoms with Gasteiger partial charge in [0.05, 0.1) is 24.1 Å². The summed E-state index contributed by atoms with van der Waals surface area (Å²) in [5.74, 6) is -3.05. The third-order valence-corrected chi connectivity index (χ3v) is 4.55. The van der Waals surface area contributed by atoms with E-state index in [-0.39, 0.29) is 13.0 Å². The molecule has 26 heavy (non-hydrogen) atoms. The number of carbonyl (C=O) groups is 2. The van der Waals surface area contributed by atoms with Crippen molar-refractivity contribution < 1.29 is 27.9 Å². The number of alkyl halides is 3. The maximum absolute atomic E-state index is 13.0. The van der Waals surface area contributed by atoms with Crippen molar-refractivity contribution in [2.45, 2.75) is 32.4 Å². The molecule has 10 heteroatoms. The quantitative estimate of drug-likeness (QED) is 0.803. The van der Waals surface area contributed by atoms with Crippen LogP contribution in [0.1, 0.15) is 17.5 Å². The van der Waals surface area contributed by atoms with Crippen molar-refractivity contribution in [2.24, 2.45) is 5.92 Å². The first-order chi connectivity index (χ1) is 12.2. The van der Waals surface area contributed by atoms with E-state index in [9.17, 15) is 22.8 Å². The Bertz CT molecular complexity index is 866. The molecule has 0 saturated heterocycles.